The van der Waals surface area contributed by atoms with Gasteiger partial charge in [-0.1, -0.05) is 6.07 Å². The van der Waals surface area contributed by atoms with E-state index < -0.39 is 57.4 Å². The van der Waals surface area contributed by atoms with Crippen LogP contribution in [0.5, 0.6) is 5.75 Å². The van der Waals surface area contributed by atoms with Crippen molar-refractivity contribution in [1.82, 2.24) is 20.4 Å². The van der Waals surface area contributed by atoms with Crippen LogP contribution in [-0.2, 0) is 27.3 Å². The lowest BCUT2D eigenvalue weighted by Crippen LogP contribution is -2.68. The third-order valence-electron chi connectivity index (χ3n) is 9.13. The number of carbonyl (C=O) groups excluding carboxylic acids is 3. The highest BCUT2D eigenvalue weighted by Crippen LogP contribution is 2.58. The minimum absolute atomic E-state index is 0.0798. The number of rotatable bonds is 6. The number of phenols is 1. The van der Waals surface area contributed by atoms with E-state index in [1.54, 1.807) is 32.1 Å². The van der Waals surface area contributed by atoms with Crippen molar-refractivity contribution < 1.29 is 34.8 Å². The second kappa shape index (κ2) is 10.1. The van der Waals surface area contributed by atoms with Crippen LogP contribution in [0.25, 0.3) is 5.76 Å². The van der Waals surface area contributed by atoms with Gasteiger partial charge in [0.15, 0.2) is 17.2 Å². The molecule has 6 N–H and O–H groups in total. The van der Waals surface area contributed by atoms with E-state index >= 15 is 0 Å². The van der Waals surface area contributed by atoms with Gasteiger partial charge in [-0.3, -0.25) is 24.2 Å². The Balaban J connectivity index is 1.80. The third-order valence-corrected chi connectivity index (χ3v) is 9.13. The zero-order valence-electron chi connectivity index (χ0n) is 23.4. The summed E-state index contributed by atoms with van der Waals surface area (Å²) in [5.74, 6) is -5.05. The predicted octanol–water partition coefficient (Wildman–Crippen LogP) is 0.0625. The molecule has 0 radical (unpaired) electrons. The van der Waals surface area contributed by atoms with Crippen LogP contribution in [0.2, 0.25) is 0 Å². The molecule has 11 heteroatoms. The van der Waals surface area contributed by atoms with Crippen LogP contribution in [0.15, 0.2) is 29.0 Å². The first kappa shape index (κ1) is 28.4. The summed E-state index contributed by atoms with van der Waals surface area (Å²) in [6.45, 7) is 4.82. The maximum absolute atomic E-state index is 14.5. The first-order valence-corrected chi connectivity index (χ1v) is 13.7. The van der Waals surface area contributed by atoms with E-state index in [0.29, 0.717) is 31.7 Å². The summed E-state index contributed by atoms with van der Waals surface area (Å²) in [6.07, 6.45) is 0.351. The average Bonchev–Trinajstić information content (AvgIpc) is 2.88. The van der Waals surface area contributed by atoms with Gasteiger partial charge in [0.25, 0.3) is 0 Å². The number of aliphatic hydroxyl groups excluding tert-OH is 2. The second-order valence-electron chi connectivity index (χ2n) is 11.8. The number of benzene rings is 1. The average molecular weight is 555 g/mol. The summed E-state index contributed by atoms with van der Waals surface area (Å²) >= 11 is 0. The van der Waals surface area contributed by atoms with Crippen molar-refractivity contribution in [3.05, 3.63) is 45.7 Å². The van der Waals surface area contributed by atoms with Crippen molar-refractivity contribution in [3.63, 3.8) is 0 Å². The quantitative estimate of drug-likeness (QED) is 0.264. The van der Waals surface area contributed by atoms with Gasteiger partial charge in [0, 0.05) is 56.2 Å². The Kier molecular flexibility index (Phi) is 7.16. The summed E-state index contributed by atoms with van der Waals surface area (Å²) in [4.78, 5) is 44.4. The molecule has 1 saturated carbocycles. The molecule has 0 amide bonds. The molecule has 1 aromatic carbocycles. The van der Waals surface area contributed by atoms with E-state index in [1.165, 1.54) is 6.07 Å². The van der Waals surface area contributed by atoms with Crippen molar-refractivity contribution >= 4 is 23.1 Å². The molecule has 1 aromatic rings. The number of hydrogen-bond donors (Lipinski definition) is 6. The Bertz CT molecular complexity index is 1350. The lowest BCUT2D eigenvalue weighted by Gasteiger charge is -2.56. The number of piperazine rings is 1. The Labute approximate surface area is 233 Å². The lowest BCUT2D eigenvalue weighted by atomic mass is 9.51. The maximum Gasteiger partial charge on any atom is 0.202 e. The largest absolute Gasteiger partial charge is 0.508 e. The second-order valence-corrected chi connectivity index (χ2v) is 11.8. The fraction of sp³-hybridized carbons (Fsp3) is 0.552. The molecule has 40 heavy (non-hydrogen) atoms. The first-order valence-electron chi connectivity index (χ1n) is 13.7. The number of ketones is 3. The molecule has 1 heterocycles. The third kappa shape index (κ3) is 4.02. The fourth-order valence-corrected chi connectivity index (χ4v) is 7.45. The Morgan fingerprint density at radius 1 is 1.18 bits per heavy atom. The first-order chi connectivity index (χ1) is 18.9. The smallest absolute Gasteiger partial charge is 0.202 e. The van der Waals surface area contributed by atoms with Crippen LogP contribution >= 0.6 is 0 Å². The molecule has 2 fully saturated rings. The van der Waals surface area contributed by atoms with Crippen LogP contribution in [0.4, 0.5) is 0 Å². The van der Waals surface area contributed by atoms with Gasteiger partial charge in [-0.15, -0.1) is 0 Å². The molecular formula is C29H38N4O7. The van der Waals surface area contributed by atoms with Gasteiger partial charge < -0.3 is 31.1 Å². The summed E-state index contributed by atoms with van der Waals surface area (Å²) < 4.78 is 0. The van der Waals surface area contributed by atoms with Gasteiger partial charge in [0.1, 0.15) is 22.8 Å². The van der Waals surface area contributed by atoms with E-state index in [2.05, 4.69) is 15.5 Å². The normalized spacial score (nSPS) is 30.9. The summed E-state index contributed by atoms with van der Waals surface area (Å²) in [7, 11) is 5.07. The number of phenolic OH excluding ortho intramolecular Hbond substituents is 1. The molecule has 1 aliphatic heterocycles. The molecule has 1 saturated heterocycles. The van der Waals surface area contributed by atoms with Crippen LogP contribution in [0.1, 0.15) is 30.0 Å². The molecule has 0 bridgehead atoms. The fourth-order valence-electron chi connectivity index (χ4n) is 7.45. The number of nitrogens with zero attached hydrogens (tertiary/aromatic N) is 2. The van der Waals surface area contributed by atoms with E-state index in [4.69, 9.17) is 0 Å². The van der Waals surface area contributed by atoms with Crippen molar-refractivity contribution in [1.29, 1.82) is 0 Å². The molecule has 216 valence electrons. The van der Waals surface area contributed by atoms with Crippen molar-refractivity contribution in [2.75, 3.05) is 53.9 Å². The highest BCUT2D eigenvalue weighted by molar-refractivity contribution is 6.25. The van der Waals surface area contributed by atoms with Gasteiger partial charge >= 0.3 is 0 Å². The highest BCUT2D eigenvalue weighted by atomic mass is 16.3. The molecule has 3 aliphatic carbocycles. The summed E-state index contributed by atoms with van der Waals surface area (Å²) in [6, 6.07) is 2.18. The zero-order chi connectivity index (χ0) is 29.1. The van der Waals surface area contributed by atoms with Gasteiger partial charge in [-0.05, 0) is 58.1 Å². The highest BCUT2D eigenvalue weighted by Gasteiger charge is 2.67. The minimum Gasteiger partial charge on any atom is -0.508 e. The lowest BCUT2D eigenvalue weighted by molar-refractivity contribution is -0.157. The molecular weight excluding hydrogens is 516 g/mol. The summed E-state index contributed by atoms with van der Waals surface area (Å²) in [5.41, 5.74) is -2.67. The van der Waals surface area contributed by atoms with Gasteiger partial charge in [0.05, 0.1) is 11.6 Å². The van der Waals surface area contributed by atoms with E-state index in [1.807, 2.05) is 0 Å². The predicted molar refractivity (Wildman–Crippen MR) is 147 cm³/mol. The standard InChI is InChI=1S/C29H38N4O7/c1-15(34)20-25(37)23(32(3)4)18-12-28(14-33-9-7-31-8-10-33)11-17-16(13-30-2)5-6-19(35)21(17)24(36)22(28)27(39)29(18,40)26(20)38/h5-6,18,23,30-31,35-36,38,40H,7-14H2,1-4H3/t18-,23-,28-,29+/m0/s1. The molecule has 0 unspecified atom stereocenters. The van der Waals surface area contributed by atoms with Crippen LogP contribution < -0.4 is 10.6 Å². The van der Waals surface area contributed by atoms with E-state index in [-0.39, 0.29) is 29.7 Å². The molecule has 4 aliphatic rings. The van der Waals surface area contributed by atoms with Crippen molar-refractivity contribution in [3.8, 4) is 5.75 Å². The number of likely N-dealkylation sites (N-methyl/N-ethyl adjacent to an activating group) is 1. The number of hydrogen-bond acceptors (Lipinski definition) is 11. The molecule has 0 aromatic heterocycles. The van der Waals surface area contributed by atoms with E-state index in [9.17, 15) is 34.8 Å². The number of fused-ring (bicyclic) bond motifs is 3. The van der Waals surface area contributed by atoms with Gasteiger partial charge in [-0.25, -0.2) is 0 Å². The Morgan fingerprint density at radius 3 is 2.45 bits per heavy atom. The topological polar surface area (TPSA) is 163 Å². The van der Waals surface area contributed by atoms with Crippen LogP contribution in [0.3, 0.4) is 0 Å². The Hall–Kier alpha value is -3.09. The van der Waals surface area contributed by atoms with E-state index in [0.717, 1.165) is 25.6 Å². The zero-order valence-corrected chi connectivity index (χ0v) is 23.4. The Morgan fingerprint density at radius 2 is 1.85 bits per heavy atom. The number of nitrogens with one attached hydrogen (secondary N) is 2. The number of aliphatic hydroxyl groups is 3. The van der Waals surface area contributed by atoms with Crippen molar-refractivity contribution in [2.45, 2.75) is 38.0 Å². The SMILES string of the molecule is CNCc1ccc(O)c2c1C[C@@]1(CN3CCNCC3)C[C@H]3[C@H](N(C)C)C(=O)C(C(C)=O)=C(O)[C@@]3(O)C(=O)C1=C2O. The van der Waals surface area contributed by atoms with Gasteiger partial charge in [0.2, 0.25) is 5.78 Å². The number of carbonyl (C=O) groups is 3. The maximum atomic E-state index is 14.5. The monoisotopic (exact) mass is 554 g/mol. The molecule has 5 rings (SSSR count). The minimum atomic E-state index is -2.60. The summed E-state index contributed by atoms with van der Waals surface area (Å²) in [5, 5.41) is 52.4. The number of aromatic hydroxyl groups is 1. The van der Waals surface area contributed by atoms with Crippen LogP contribution in [-0.4, -0.2) is 113 Å². The molecule has 11 nitrogen and oxygen atoms in total. The molecule has 4 atom stereocenters. The molecule has 0 spiro atoms. The number of Topliss-reactive ketones (excluding diaryl/α,β-unsaturated/α-hetero) is 3. The van der Waals surface area contributed by atoms with Gasteiger partial charge in [-0.2, -0.15) is 0 Å². The van der Waals surface area contributed by atoms with Crippen LogP contribution in [0, 0.1) is 11.3 Å². The van der Waals surface area contributed by atoms with Crippen molar-refractivity contribution in [2.24, 2.45) is 11.3 Å².